The summed E-state index contributed by atoms with van der Waals surface area (Å²) in [6.07, 6.45) is 5.57. The van der Waals surface area contributed by atoms with E-state index in [1.54, 1.807) is 0 Å². The minimum absolute atomic E-state index is 0.00704. The highest BCUT2D eigenvalue weighted by atomic mass is 35.5. The normalized spacial score (nSPS) is 11.8. The summed E-state index contributed by atoms with van der Waals surface area (Å²) < 4.78 is 5.67. The second-order valence-electron chi connectivity index (χ2n) is 5.29. The molecule has 0 aliphatic rings. The zero-order chi connectivity index (χ0) is 16.2. The Kier molecular flexibility index (Phi) is 9.47. The number of hydrogen-bond donors (Lipinski definition) is 2. The Hall–Kier alpha value is -1.42. The number of hydrogen-bond acceptors (Lipinski definition) is 2. The number of amides is 2. The van der Waals surface area contributed by atoms with Crippen LogP contribution in [0.5, 0.6) is 5.75 Å². The number of benzene rings is 1. The molecule has 1 rings (SSSR count). The molecule has 0 aliphatic carbocycles. The Bertz CT molecular complexity index is 419. The Balaban J connectivity index is 2.33. The molecule has 0 saturated carbocycles. The Morgan fingerprint density at radius 1 is 1.18 bits per heavy atom. The van der Waals surface area contributed by atoms with Crippen molar-refractivity contribution in [3.63, 3.8) is 0 Å². The maximum atomic E-state index is 11.8. The lowest BCUT2D eigenvalue weighted by atomic mass is 10.2. The number of alkyl halides is 1. The fraction of sp³-hybridized carbons (Fsp3) is 0.588. The van der Waals surface area contributed by atoms with Gasteiger partial charge in [0.1, 0.15) is 5.75 Å². The van der Waals surface area contributed by atoms with E-state index in [-0.39, 0.29) is 12.1 Å². The summed E-state index contributed by atoms with van der Waals surface area (Å²) in [5.74, 6) is 1.24. The van der Waals surface area contributed by atoms with E-state index in [4.69, 9.17) is 16.3 Å². The molecule has 0 heterocycles. The third-order valence-corrected chi connectivity index (χ3v) is 3.77. The fourth-order valence-corrected chi connectivity index (χ4v) is 2.25. The molecule has 1 aromatic carbocycles. The van der Waals surface area contributed by atoms with Crippen LogP contribution in [0.4, 0.5) is 10.5 Å². The van der Waals surface area contributed by atoms with Crippen molar-refractivity contribution in [1.82, 2.24) is 5.32 Å². The molecule has 0 saturated heterocycles. The lowest BCUT2D eigenvalue weighted by molar-refractivity contribution is 0.249. The van der Waals surface area contributed by atoms with Crippen molar-refractivity contribution >= 4 is 23.3 Å². The lowest BCUT2D eigenvalue weighted by Crippen LogP contribution is -2.38. The Morgan fingerprint density at radius 3 is 2.50 bits per heavy atom. The first kappa shape index (κ1) is 18.6. The third-order valence-electron chi connectivity index (χ3n) is 3.39. The standard InChI is InChI=1S/C17H27ClN2O2/c1-3-5-6-7-12-22-16-10-8-15(9-11-16)20-17(21)19-14(4-2)13-18/h8-11,14H,3-7,12-13H2,1-2H3,(H2,19,20,21)/t14-/m0/s1. The largest absolute Gasteiger partial charge is 0.494 e. The van der Waals surface area contributed by atoms with Crippen LogP contribution in [0.1, 0.15) is 46.0 Å². The van der Waals surface area contributed by atoms with Crippen molar-refractivity contribution in [1.29, 1.82) is 0 Å². The molecule has 0 aliphatic heterocycles. The minimum atomic E-state index is -0.235. The molecule has 2 amide bonds. The van der Waals surface area contributed by atoms with Crippen molar-refractivity contribution in [2.75, 3.05) is 17.8 Å². The van der Waals surface area contributed by atoms with Gasteiger partial charge >= 0.3 is 6.03 Å². The average Bonchev–Trinajstić information content (AvgIpc) is 2.54. The molecule has 0 unspecified atom stereocenters. The van der Waals surface area contributed by atoms with Gasteiger partial charge in [-0.25, -0.2) is 4.79 Å². The van der Waals surface area contributed by atoms with E-state index < -0.39 is 0 Å². The molecule has 1 atom stereocenters. The molecular weight excluding hydrogens is 300 g/mol. The number of halogens is 1. The van der Waals surface area contributed by atoms with Crippen molar-refractivity contribution in [3.05, 3.63) is 24.3 Å². The predicted molar refractivity (Wildman–Crippen MR) is 93.0 cm³/mol. The van der Waals surface area contributed by atoms with Crippen molar-refractivity contribution in [2.24, 2.45) is 0 Å². The molecule has 0 spiro atoms. The summed E-state index contributed by atoms with van der Waals surface area (Å²) in [6, 6.07) is 7.17. The zero-order valence-electron chi connectivity index (χ0n) is 13.5. The highest BCUT2D eigenvalue weighted by Crippen LogP contribution is 2.16. The average molecular weight is 327 g/mol. The van der Waals surface area contributed by atoms with Crippen LogP contribution in [0.3, 0.4) is 0 Å². The molecule has 1 aromatic rings. The second kappa shape index (κ2) is 11.2. The van der Waals surface area contributed by atoms with Crippen LogP contribution >= 0.6 is 11.6 Å². The predicted octanol–water partition coefficient (Wildman–Crippen LogP) is 4.78. The summed E-state index contributed by atoms with van der Waals surface area (Å²) in [7, 11) is 0. The Morgan fingerprint density at radius 2 is 1.91 bits per heavy atom. The topological polar surface area (TPSA) is 50.4 Å². The summed E-state index contributed by atoms with van der Waals surface area (Å²) in [5.41, 5.74) is 0.736. The van der Waals surface area contributed by atoms with E-state index in [0.717, 1.165) is 30.9 Å². The smallest absolute Gasteiger partial charge is 0.319 e. The number of anilines is 1. The van der Waals surface area contributed by atoms with Crippen LogP contribution in [0, 0.1) is 0 Å². The molecule has 4 nitrogen and oxygen atoms in total. The summed E-state index contributed by atoms with van der Waals surface area (Å²) in [4.78, 5) is 11.8. The van der Waals surface area contributed by atoms with Gasteiger partial charge in [0.25, 0.3) is 0 Å². The maximum absolute atomic E-state index is 11.8. The number of carbonyl (C=O) groups excluding carboxylic acids is 1. The van der Waals surface area contributed by atoms with Gasteiger partial charge in [0, 0.05) is 17.6 Å². The number of nitrogens with one attached hydrogen (secondary N) is 2. The van der Waals surface area contributed by atoms with E-state index in [0.29, 0.717) is 5.88 Å². The summed E-state index contributed by atoms with van der Waals surface area (Å²) >= 11 is 5.76. The minimum Gasteiger partial charge on any atom is -0.494 e. The Labute approximate surface area is 138 Å². The van der Waals surface area contributed by atoms with Crippen LogP contribution in [-0.4, -0.2) is 24.6 Å². The van der Waals surface area contributed by atoms with Crippen molar-refractivity contribution in [2.45, 2.75) is 52.0 Å². The van der Waals surface area contributed by atoms with E-state index >= 15 is 0 Å². The van der Waals surface area contributed by atoms with Gasteiger partial charge in [0.2, 0.25) is 0 Å². The first-order valence-electron chi connectivity index (χ1n) is 8.05. The van der Waals surface area contributed by atoms with Crippen molar-refractivity contribution in [3.8, 4) is 5.75 Å². The SMILES string of the molecule is CCCCCCOc1ccc(NC(=O)N[C@@H](CC)CCl)cc1. The summed E-state index contributed by atoms with van der Waals surface area (Å²) in [6.45, 7) is 4.92. The second-order valence-corrected chi connectivity index (χ2v) is 5.60. The zero-order valence-corrected chi connectivity index (χ0v) is 14.3. The van der Waals surface area contributed by atoms with Gasteiger partial charge in [-0.2, -0.15) is 0 Å². The van der Waals surface area contributed by atoms with Crippen LogP contribution in [0.2, 0.25) is 0 Å². The lowest BCUT2D eigenvalue weighted by Gasteiger charge is -2.14. The third kappa shape index (κ3) is 7.55. The number of rotatable bonds is 10. The van der Waals surface area contributed by atoms with Gasteiger partial charge in [0.05, 0.1) is 6.61 Å². The van der Waals surface area contributed by atoms with Gasteiger partial charge in [0.15, 0.2) is 0 Å². The van der Waals surface area contributed by atoms with Crippen molar-refractivity contribution < 1.29 is 9.53 Å². The quantitative estimate of drug-likeness (QED) is 0.480. The van der Waals surface area contributed by atoms with E-state index in [2.05, 4.69) is 17.6 Å². The number of unbranched alkanes of at least 4 members (excludes halogenated alkanes) is 3. The maximum Gasteiger partial charge on any atom is 0.319 e. The molecular formula is C17H27ClN2O2. The van der Waals surface area contributed by atoms with Crippen LogP contribution in [0.15, 0.2) is 24.3 Å². The monoisotopic (exact) mass is 326 g/mol. The molecule has 0 radical (unpaired) electrons. The highest BCUT2D eigenvalue weighted by Gasteiger charge is 2.08. The first-order valence-corrected chi connectivity index (χ1v) is 8.59. The molecule has 0 fully saturated rings. The van der Waals surface area contributed by atoms with Gasteiger partial charge in [-0.15, -0.1) is 11.6 Å². The molecule has 124 valence electrons. The molecule has 0 bridgehead atoms. The van der Waals surface area contributed by atoms with Crippen LogP contribution in [-0.2, 0) is 0 Å². The molecule has 2 N–H and O–H groups in total. The molecule has 5 heteroatoms. The molecule has 22 heavy (non-hydrogen) atoms. The summed E-state index contributed by atoms with van der Waals surface area (Å²) in [5, 5.41) is 5.61. The number of urea groups is 1. The fourth-order valence-electron chi connectivity index (χ4n) is 1.96. The van der Waals surface area contributed by atoms with Gasteiger partial charge in [-0.05, 0) is 37.1 Å². The number of carbonyl (C=O) groups is 1. The van der Waals surface area contributed by atoms with Gasteiger partial charge in [-0.3, -0.25) is 0 Å². The number of ether oxygens (including phenoxy) is 1. The van der Waals surface area contributed by atoms with Crippen LogP contribution in [0.25, 0.3) is 0 Å². The highest BCUT2D eigenvalue weighted by molar-refractivity contribution is 6.18. The van der Waals surface area contributed by atoms with Gasteiger partial charge < -0.3 is 15.4 Å². The first-order chi connectivity index (χ1) is 10.7. The van der Waals surface area contributed by atoms with Crippen LogP contribution < -0.4 is 15.4 Å². The van der Waals surface area contributed by atoms with E-state index in [1.807, 2.05) is 31.2 Å². The van der Waals surface area contributed by atoms with E-state index in [9.17, 15) is 4.79 Å². The van der Waals surface area contributed by atoms with E-state index in [1.165, 1.54) is 19.3 Å². The molecule has 0 aromatic heterocycles. The van der Waals surface area contributed by atoms with Gasteiger partial charge in [-0.1, -0.05) is 33.1 Å².